The number of carbonyl (C=O) groups is 2. The number of hydrogen-bond donors (Lipinski definition) is 0. The van der Waals surface area contributed by atoms with Crippen molar-refractivity contribution >= 4 is 33.8 Å². The molecule has 0 bridgehead atoms. The van der Waals surface area contributed by atoms with E-state index in [4.69, 9.17) is 9.47 Å². The Hall–Kier alpha value is -3.48. The quantitative estimate of drug-likeness (QED) is 0.426. The fraction of sp³-hybridized carbons (Fsp3) is 0.364. The first-order valence-electron chi connectivity index (χ1n) is 10.4. The van der Waals surface area contributed by atoms with E-state index in [1.807, 2.05) is 0 Å². The molecule has 0 saturated heterocycles. The maximum atomic E-state index is 13.3. The Morgan fingerprint density at radius 1 is 1.20 bits per heavy atom. The van der Waals surface area contributed by atoms with Crippen LogP contribution in [0.15, 0.2) is 41.7 Å². The second kappa shape index (κ2) is 10.8. The van der Waals surface area contributed by atoms with E-state index in [0.717, 1.165) is 9.47 Å². The van der Waals surface area contributed by atoms with Crippen LogP contribution in [-0.4, -0.2) is 68.6 Å². The molecule has 0 fully saturated rings. The number of para-hydroxylation sites is 2. The Morgan fingerprint density at radius 2 is 1.91 bits per heavy atom. The van der Waals surface area contributed by atoms with Gasteiger partial charge in [0.2, 0.25) is 5.16 Å². The number of esters is 1. The number of hydrogen-bond acceptors (Lipinski definition) is 7. The van der Waals surface area contributed by atoms with Gasteiger partial charge in [-0.1, -0.05) is 12.1 Å². The molecule has 3 aromatic rings. The van der Waals surface area contributed by atoms with Gasteiger partial charge in [-0.3, -0.25) is 14.0 Å². The van der Waals surface area contributed by atoms with Crippen LogP contribution < -0.4 is 4.74 Å². The van der Waals surface area contributed by atoms with Crippen LogP contribution in [0.5, 0.6) is 5.75 Å². The molecule has 2 aromatic heterocycles. The number of likely N-dealkylation sites (N-methyl/N-ethyl adjacent to an activating group) is 1. The predicted molar refractivity (Wildman–Crippen MR) is 120 cm³/mol. The van der Waals surface area contributed by atoms with Crippen LogP contribution in [-0.2, 0) is 26.1 Å². The summed E-state index contributed by atoms with van der Waals surface area (Å²) in [7, 11) is -0.527. The molecule has 2 heterocycles. The minimum Gasteiger partial charge on any atom is -0.484 e. The highest BCUT2D eigenvalue weighted by atomic mass is 32.2. The Labute approximate surface area is 201 Å². The van der Waals surface area contributed by atoms with E-state index in [9.17, 15) is 27.0 Å². The molecule has 0 N–H and O–H groups in total. The van der Waals surface area contributed by atoms with E-state index in [0.29, 0.717) is 16.6 Å². The van der Waals surface area contributed by atoms with Gasteiger partial charge >= 0.3 is 18.2 Å². The number of amides is 1. The van der Waals surface area contributed by atoms with Gasteiger partial charge in [-0.15, -0.1) is 0 Å². The van der Waals surface area contributed by atoms with Crippen molar-refractivity contribution in [2.45, 2.75) is 30.9 Å². The van der Waals surface area contributed by atoms with E-state index >= 15 is 0 Å². The number of imidazole rings is 1. The second-order valence-corrected chi connectivity index (χ2v) is 8.78. The van der Waals surface area contributed by atoms with Crippen molar-refractivity contribution in [1.29, 1.82) is 0 Å². The molecule has 13 heteroatoms. The molecule has 1 amide bonds. The number of alkyl halides is 3. The Kier molecular flexibility index (Phi) is 8.10. The molecule has 0 aliphatic heterocycles. The number of benzene rings is 1. The molecule has 188 valence electrons. The Balaban J connectivity index is 1.92. The van der Waals surface area contributed by atoms with Crippen LogP contribution in [0.3, 0.4) is 0 Å². The molecular weight excluding hydrogens is 489 g/mol. The number of fused-ring (bicyclic) bond motifs is 1. The lowest BCUT2D eigenvalue weighted by molar-refractivity contribution is -0.153. The first-order valence-corrected chi connectivity index (χ1v) is 11.7. The molecule has 0 spiro atoms. The van der Waals surface area contributed by atoms with Gasteiger partial charge in [-0.05, 0) is 32.0 Å². The molecule has 35 heavy (non-hydrogen) atoms. The molecule has 0 aliphatic rings. The maximum Gasteiger partial charge on any atom is 0.422 e. The predicted octanol–water partition coefficient (Wildman–Crippen LogP) is 3.45. The molecule has 0 radical (unpaired) electrons. The third-order valence-electron chi connectivity index (χ3n) is 4.84. The smallest absolute Gasteiger partial charge is 0.422 e. The summed E-state index contributed by atoms with van der Waals surface area (Å²) in [5, 5.41) is -0.0882. The van der Waals surface area contributed by atoms with Gasteiger partial charge in [0.15, 0.2) is 6.61 Å². The van der Waals surface area contributed by atoms with Crippen molar-refractivity contribution in [1.82, 2.24) is 19.4 Å². The minimum absolute atomic E-state index is 0.0388. The number of pyridine rings is 1. The molecule has 1 atom stereocenters. The van der Waals surface area contributed by atoms with Crippen molar-refractivity contribution in [3.8, 4) is 5.75 Å². The summed E-state index contributed by atoms with van der Waals surface area (Å²) < 4.78 is 61.8. The average Bonchev–Trinajstić information content (AvgIpc) is 3.18. The van der Waals surface area contributed by atoms with Crippen LogP contribution in [0.4, 0.5) is 18.0 Å². The van der Waals surface area contributed by atoms with E-state index in [2.05, 4.69) is 9.97 Å². The van der Waals surface area contributed by atoms with E-state index in [1.165, 1.54) is 26.2 Å². The number of aromatic nitrogens is 3. The fourth-order valence-electron chi connectivity index (χ4n) is 3.19. The number of carbonyl (C=O) groups excluding carboxylic acids is 2. The molecule has 1 aromatic carbocycles. The molecule has 0 unspecified atom stereocenters. The number of halogens is 3. The standard InChI is InChI=1S/C22H23F3N4O5S/c1-4-33-19(30)11-28(3)21(31)29-17-8-6-5-7-15(17)27-20(29)35(32)12-16-14(2)18(9-10-26-16)34-13-22(23,24)25/h5-10H,4,11-13H2,1-3H3/t35-/m1/s1. The summed E-state index contributed by atoms with van der Waals surface area (Å²) in [5.74, 6) is -0.873. The van der Waals surface area contributed by atoms with Crippen LogP contribution in [0, 0.1) is 6.92 Å². The lowest BCUT2D eigenvalue weighted by Crippen LogP contribution is -2.36. The summed E-state index contributed by atoms with van der Waals surface area (Å²) in [6, 6.07) is 7.28. The van der Waals surface area contributed by atoms with Gasteiger partial charge in [0.25, 0.3) is 0 Å². The SMILES string of the molecule is CCOC(=O)CN(C)C(=O)n1c([S@](=O)Cc2nccc(OCC(F)(F)F)c2C)nc2ccccc21. The van der Waals surface area contributed by atoms with Crippen LogP contribution >= 0.6 is 0 Å². The van der Waals surface area contributed by atoms with Crippen molar-refractivity contribution in [2.75, 3.05) is 26.8 Å². The average molecular weight is 513 g/mol. The lowest BCUT2D eigenvalue weighted by Gasteiger charge is -2.18. The summed E-state index contributed by atoms with van der Waals surface area (Å²) in [6.07, 6.45) is -3.26. The highest BCUT2D eigenvalue weighted by molar-refractivity contribution is 7.84. The summed E-state index contributed by atoms with van der Waals surface area (Å²) in [4.78, 5) is 34.6. The summed E-state index contributed by atoms with van der Waals surface area (Å²) in [5.41, 5.74) is 1.30. The van der Waals surface area contributed by atoms with Crippen LogP contribution in [0.1, 0.15) is 18.2 Å². The van der Waals surface area contributed by atoms with Crippen molar-refractivity contribution < 1.29 is 36.4 Å². The van der Waals surface area contributed by atoms with Crippen molar-refractivity contribution in [3.05, 3.63) is 47.8 Å². The largest absolute Gasteiger partial charge is 0.484 e. The molecule has 3 rings (SSSR count). The van der Waals surface area contributed by atoms with E-state index in [1.54, 1.807) is 31.2 Å². The first-order chi connectivity index (χ1) is 16.5. The number of rotatable bonds is 8. The zero-order valence-corrected chi connectivity index (χ0v) is 20.0. The van der Waals surface area contributed by atoms with Gasteiger partial charge in [-0.25, -0.2) is 14.3 Å². The van der Waals surface area contributed by atoms with E-state index in [-0.39, 0.29) is 35.5 Å². The normalized spacial score (nSPS) is 12.4. The minimum atomic E-state index is -4.51. The zero-order chi connectivity index (χ0) is 25.8. The Bertz CT molecular complexity index is 1260. The summed E-state index contributed by atoms with van der Waals surface area (Å²) in [6.45, 7) is 1.50. The van der Waals surface area contributed by atoms with Crippen molar-refractivity contribution in [2.24, 2.45) is 0 Å². The van der Waals surface area contributed by atoms with Gasteiger partial charge in [0.05, 0.1) is 39.9 Å². The van der Waals surface area contributed by atoms with Gasteiger partial charge < -0.3 is 14.4 Å². The van der Waals surface area contributed by atoms with Crippen molar-refractivity contribution in [3.63, 3.8) is 0 Å². The Morgan fingerprint density at radius 3 is 2.60 bits per heavy atom. The number of nitrogens with zero attached hydrogens (tertiary/aromatic N) is 4. The van der Waals surface area contributed by atoms with Gasteiger partial charge in [-0.2, -0.15) is 13.2 Å². The second-order valence-electron chi connectivity index (χ2n) is 7.44. The van der Waals surface area contributed by atoms with E-state index < -0.39 is 35.6 Å². The zero-order valence-electron chi connectivity index (χ0n) is 19.2. The van der Waals surface area contributed by atoms with Crippen LogP contribution in [0.25, 0.3) is 11.0 Å². The van der Waals surface area contributed by atoms with Crippen LogP contribution in [0.2, 0.25) is 0 Å². The topological polar surface area (TPSA) is 104 Å². The van der Waals surface area contributed by atoms with Gasteiger partial charge in [0.1, 0.15) is 12.3 Å². The number of ether oxygens (including phenoxy) is 2. The molecule has 0 saturated carbocycles. The fourth-order valence-corrected chi connectivity index (χ4v) is 4.44. The van der Waals surface area contributed by atoms with Gasteiger partial charge in [0, 0.05) is 18.8 Å². The molecule has 9 nitrogen and oxygen atoms in total. The highest BCUT2D eigenvalue weighted by Gasteiger charge is 2.29. The lowest BCUT2D eigenvalue weighted by atomic mass is 10.2. The third kappa shape index (κ3) is 6.35. The first kappa shape index (κ1) is 26.1. The summed E-state index contributed by atoms with van der Waals surface area (Å²) >= 11 is 0. The maximum absolute atomic E-state index is 13.3. The highest BCUT2D eigenvalue weighted by Crippen LogP contribution is 2.26. The third-order valence-corrected chi connectivity index (χ3v) is 6.06. The molecular formula is C22H23F3N4O5S. The monoisotopic (exact) mass is 512 g/mol. The molecule has 0 aliphatic carbocycles.